The maximum atomic E-state index is 13.0. The Kier molecular flexibility index (Phi) is 5.58. The van der Waals surface area contributed by atoms with Gasteiger partial charge in [0.25, 0.3) is 0 Å². The molecule has 0 unspecified atom stereocenters. The summed E-state index contributed by atoms with van der Waals surface area (Å²) in [5, 5.41) is 2.10. The number of nitrogens with zero attached hydrogens (tertiary/aromatic N) is 2. The zero-order chi connectivity index (χ0) is 20.2. The molecule has 26 heavy (non-hydrogen) atoms. The van der Waals surface area contributed by atoms with Gasteiger partial charge in [0.15, 0.2) is 0 Å². The Labute approximate surface area is 163 Å². The highest BCUT2D eigenvalue weighted by atomic mass is 32.1. The number of carbonyl (C=O) groups excluding carboxylic acids is 1. The van der Waals surface area contributed by atoms with E-state index in [1.807, 2.05) is 30.3 Å². The summed E-state index contributed by atoms with van der Waals surface area (Å²) in [6.45, 7) is 3.91. The summed E-state index contributed by atoms with van der Waals surface area (Å²) in [5.74, 6) is -0.562. The number of amides is 1. The van der Waals surface area contributed by atoms with Crippen molar-refractivity contribution in [3.05, 3.63) is 52.7 Å². The molecular weight excluding hydrogens is 344 g/mol. The number of likely N-dealkylation sites (tertiary alicyclic amines) is 1. The standard InChI is InChI=1S/C21H28N2O2S/c1-3-20(24)23(18-8-5-4-6-9-18)21(25-2)12-15-22(16-13-21)14-11-19-10-7-17-26-19/h4-10,17H,3,11-16H2,1-2H3/i3D2. The van der Waals surface area contributed by atoms with E-state index >= 15 is 0 Å². The first-order chi connectivity index (χ1) is 13.4. The number of para-hydroxylation sites is 1. The summed E-state index contributed by atoms with van der Waals surface area (Å²) in [6.07, 6.45) is 0.337. The van der Waals surface area contributed by atoms with Gasteiger partial charge in [0.2, 0.25) is 5.91 Å². The van der Waals surface area contributed by atoms with E-state index in [0.717, 1.165) is 26.1 Å². The molecule has 0 spiro atoms. The molecule has 1 aliphatic heterocycles. The van der Waals surface area contributed by atoms with Gasteiger partial charge in [0.05, 0.1) is 0 Å². The minimum absolute atomic E-state index is 0.562. The number of methoxy groups -OCH3 is 1. The lowest BCUT2D eigenvalue weighted by atomic mass is 9.96. The minimum Gasteiger partial charge on any atom is -0.358 e. The van der Waals surface area contributed by atoms with Crippen molar-refractivity contribution < 1.29 is 12.3 Å². The summed E-state index contributed by atoms with van der Waals surface area (Å²) < 4.78 is 21.9. The summed E-state index contributed by atoms with van der Waals surface area (Å²) in [5.41, 5.74) is -0.159. The van der Waals surface area contributed by atoms with Gasteiger partial charge in [-0.15, -0.1) is 11.3 Å². The van der Waals surface area contributed by atoms with E-state index in [1.165, 1.54) is 11.8 Å². The van der Waals surface area contributed by atoms with Crippen LogP contribution in [-0.4, -0.2) is 43.3 Å². The van der Waals surface area contributed by atoms with Crippen molar-refractivity contribution in [1.29, 1.82) is 0 Å². The number of hydrogen-bond acceptors (Lipinski definition) is 4. The third-order valence-corrected chi connectivity index (χ3v) is 6.05. The molecule has 2 aromatic rings. The van der Waals surface area contributed by atoms with Crippen molar-refractivity contribution in [2.45, 2.75) is 38.3 Å². The van der Waals surface area contributed by atoms with Crippen LogP contribution in [0.2, 0.25) is 0 Å². The topological polar surface area (TPSA) is 32.8 Å². The zero-order valence-corrected chi connectivity index (χ0v) is 16.3. The van der Waals surface area contributed by atoms with Crippen molar-refractivity contribution in [1.82, 2.24) is 4.90 Å². The predicted octanol–water partition coefficient (Wildman–Crippen LogP) is 4.17. The van der Waals surface area contributed by atoms with Gasteiger partial charge in [0, 0.05) is 59.3 Å². The number of hydrogen-bond donors (Lipinski definition) is 0. The average Bonchev–Trinajstić information content (AvgIpc) is 3.21. The second kappa shape index (κ2) is 8.80. The van der Waals surface area contributed by atoms with E-state index in [2.05, 4.69) is 22.4 Å². The molecule has 0 bridgehead atoms. The first-order valence-corrected chi connectivity index (χ1v) is 9.93. The SMILES string of the molecule is [2H]C([2H])(C)C(=O)N(c1ccccc1)C1(OC)CCN(CCc2cccs2)CC1. The van der Waals surface area contributed by atoms with Gasteiger partial charge in [-0.1, -0.05) is 31.2 Å². The second-order valence-electron chi connectivity index (χ2n) is 6.55. The number of rotatable bonds is 7. The largest absolute Gasteiger partial charge is 0.358 e. The van der Waals surface area contributed by atoms with E-state index in [4.69, 9.17) is 7.48 Å². The molecule has 1 amide bonds. The predicted molar refractivity (Wildman–Crippen MR) is 108 cm³/mol. The summed E-state index contributed by atoms with van der Waals surface area (Å²) in [6, 6.07) is 13.5. The Morgan fingerprint density at radius 1 is 1.27 bits per heavy atom. The van der Waals surface area contributed by atoms with E-state index in [0.29, 0.717) is 18.5 Å². The molecule has 1 fully saturated rings. The number of piperidine rings is 1. The maximum Gasteiger partial charge on any atom is 0.229 e. The van der Waals surface area contributed by atoms with Crippen LogP contribution in [0.1, 0.15) is 33.8 Å². The fourth-order valence-electron chi connectivity index (χ4n) is 3.59. The van der Waals surface area contributed by atoms with Crippen LogP contribution in [-0.2, 0) is 16.0 Å². The van der Waals surface area contributed by atoms with Gasteiger partial charge in [-0.25, -0.2) is 0 Å². The third kappa shape index (κ3) is 4.17. The van der Waals surface area contributed by atoms with Gasteiger partial charge in [-0.05, 0) is 30.0 Å². The fourth-order valence-corrected chi connectivity index (χ4v) is 4.29. The van der Waals surface area contributed by atoms with Crippen LogP contribution in [0.25, 0.3) is 0 Å². The fraction of sp³-hybridized carbons (Fsp3) is 0.476. The highest BCUT2D eigenvalue weighted by molar-refractivity contribution is 7.09. The van der Waals surface area contributed by atoms with E-state index in [9.17, 15) is 4.79 Å². The van der Waals surface area contributed by atoms with Crippen molar-refractivity contribution in [2.24, 2.45) is 0 Å². The number of carbonyl (C=O) groups is 1. The Morgan fingerprint density at radius 3 is 2.58 bits per heavy atom. The first-order valence-electron chi connectivity index (χ1n) is 10.1. The quantitative estimate of drug-likeness (QED) is 0.682. The second-order valence-corrected chi connectivity index (χ2v) is 7.58. The number of thiophene rings is 1. The van der Waals surface area contributed by atoms with Gasteiger partial charge in [-0.2, -0.15) is 0 Å². The molecule has 0 N–H and O–H groups in total. The van der Waals surface area contributed by atoms with Crippen LogP contribution < -0.4 is 4.90 Å². The van der Waals surface area contributed by atoms with Crippen LogP contribution in [0, 0.1) is 0 Å². The third-order valence-electron chi connectivity index (χ3n) is 5.11. The van der Waals surface area contributed by atoms with Gasteiger partial charge in [-0.3, -0.25) is 9.69 Å². The normalized spacial score (nSPS) is 18.8. The van der Waals surface area contributed by atoms with Crippen molar-refractivity contribution in [3.63, 3.8) is 0 Å². The molecule has 0 aliphatic carbocycles. The molecule has 5 heteroatoms. The number of anilines is 1. The Hall–Kier alpha value is -1.69. The highest BCUT2D eigenvalue weighted by Gasteiger charge is 2.42. The van der Waals surface area contributed by atoms with E-state index < -0.39 is 18.0 Å². The van der Waals surface area contributed by atoms with Gasteiger partial charge >= 0.3 is 0 Å². The van der Waals surface area contributed by atoms with E-state index in [-0.39, 0.29) is 0 Å². The lowest BCUT2D eigenvalue weighted by Crippen LogP contribution is -2.59. The molecule has 2 heterocycles. The molecule has 0 saturated carbocycles. The lowest BCUT2D eigenvalue weighted by Gasteiger charge is -2.47. The van der Waals surface area contributed by atoms with E-state index in [1.54, 1.807) is 23.3 Å². The van der Waals surface area contributed by atoms with Gasteiger partial charge in [0.1, 0.15) is 5.72 Å². The molecule has 140 valence electrons. The zero-order valence-electron chi connectivity index (χ0n) is 17.5. The smallest absolute Gasteiger partial charge is 0.229 e. The Morgan fingerprint density at radius 2 is 2.00 bits per heavy atom. The van der Waals surface area contributed by atoms with Gasteiger partial charge < -0.3 is 9.64 Å². The molecular formula is C21H28N2O2S. The van der Waals surface area contributed by atoms with Crippen LogP contribution in [0.15, 0.2) is 47.8 Å². The summed E-state index contributed by atoms with van der Waals surface area (Å²) in [4.78, 5) is 18.4. The summed E-state index contributed by atoms with van der Waals surface area (Å²) >= 11 is 1.78. The minimum atomic E-state index is -1.97. The average molecular weight is 375 g/mol. The lowest BCUT2D eigenvalue weighted by molar-refractivity contribution is -0.128. The molecule has 1 aromatic heterocycles. The Bertz CT molecular complexity index is 754. The molecule has 0 atom stereocenters. The van der Waals surface area contributed by atoms with Crippen molar-refractivity contribution >= 4 is 22.9 Å². The van der Waals surface area contributed by atoms with Crippen molar-refractivity contribution in [3.8, 4) is 0 Å². The number of ether oxygens (including phenoxy) is 1. The van der Waals surface area contributed by atoms with Crippen LogP contribution in [0.4, 0.5) is 5.69 Å². The summed E-state index contributed by atoms with van der Waals surface area (Å²) in [7, 11) is 1.62. The van der Waals surface area contributed by atoms with Crippen LogP contribution in [0.5, 0.6) is 0 Å². The number of benzene rings is 1. The monoisotopic (exact) mass is 374 g/mol. The first kappa shape index (κ1) is 16.5. The molecule has 1 saturated heterocycles. The van der Waals surface area contributed by atoms with Crippen LogP contribution in [0.3, 0.4) is 0 Å². The Balaban J connectivity index is 1.77. The molecule has 0 radical (unpaired) electrons. The molecule has 1 aliphatic rings. The molecule has 1 aromatic carbocycles. The maximum absolute atomic E-state index is 13.0. The highest BCUT2D eigenvalue weighted by Crippen LogP contribution is 2.34. The molecule has 3 rings (SSSR count). The van der Waals surface area contributed by atoms with Crippen molar-refractivity contribution in [2.75, 3.05) is 31.6 Å². The van der Waals surface area contributed by atoms with Crippen LogP contribution >= 0.6 is 11.3 Å². The molecule has 4 nitrogen and oxygen atoms in total.